The molecule has 0 N–H and O–H groups in total. The highest BCUT2D eigenvalue weighted by Gasteiger charge is 2.26. The van der Waals surface area contributed by atoms with Gasteiger partial charge in [-0.25, -0.2) is 0 Å². The number of aliphatic imine (C=N–C) groups is 1. The highest BCUT2D eigenvalue weighted by atomic mass is 35.5. The lowest BCUT2D eigenvalue weighted by molar-refractivity contribution is 0.0853. The van der Waals surface area contributed by atoms with Crippen molar-refractivity contribution in [2.45, 2.75) is 0 Å². The smallest absolute Gasteiger partial charge is 0.278 e. The number of aromatic nitrogens is 1. The normalized spacial score (nSPS) is 14.2. The number of hydrogen-bond donors (Lipinski definition) is 0. The Labute approximate surface area is 121 Å². The summed E-state index contributed by atoms with van der Waals surface area (Å²) in [6.07, 6.45) is 1.61. The van der Waals surface area contributed by atoms with Gasteiger partial charge in [-0.3, -0.25) is 19.7 Å². The highest BCUT2D eigenvalue weighted by molar-refractivity contribution is 6.31. The molecule has 2 heterocycles. The van der Waals surface area contributed by atoms with Crippen molar-refractivity contribution in [2.75, 3.05) is 13.1 Å². The zero-order chi connectivity index (χ0) is 13.9. The average molecular weight is 286 g/mol. The minimum Gasteiger partial charge on any atom is -0.289 e. The van der Waals surface area contributed by atoms with Crippen LogP contribution >= 0.6 is 11.6 Å². The first-order chi connectivity index (χ1) is 9.75. The van der Waals surface area contributed by atoms with E-state index in [0.717, 1.165) is 5.56 Å². The summed E-state index contributed by atoms with van der Waals surface area (Å²) in [5.41, 5.74) is 1.27. The van der Waals surface area contributed by atoms with Crippen LogP contribution in [0.1, 0.15) is 16.1 Å². The van der Waals surface area contributed by atoms with Crippen LogP contribution in [0.3, 0.4) is 0 Å². The first-order valence-corrected chi connectivity index (χ1v) is 6.67. The van der Waals surface area contributed by atoms with Crippen LogP contribution < -0.4 is 0 Å². The molecule has 1 aromatic heterocycles. The van der Waals surface area contributed by atoms with Crippen LogP contribution in [0.2, 0.25) is 5.02 Å². The Balaban J connectivity index is 1.91. The van der Waals surface area contributed by atoms with Crippen molar-refractivity contribution in [3.63, 3.8) is 0 Å². The Morgan fingerprint density at radius 2 is 2.10 bits per heavy atom. The molecule has 100 valence electrons. The van der Waals surface area contributed by atoms with Crippen molar-refractivity contribution < 1.29 is 4.79 Å². The lowest BCUT2D eigenvalue weighted by atomic mass is 10.2. The van der Waals surface area contributed by atoms with E-state index in [1.807, 2.05) is 18.2 Å². The maximum Gasteiger partial charge on any atom is 0.278 e. The molecule has 0 bridgehead atoms. The fraction of sp³-hybridized carbons (Fsp3) is 0.133. The molecule has 1 amide bonds. The van der Waals surface area contributed by atoms with E-state index in [1.165, 1.54) is 0 Å². The molecule has 0 saturated heterocycles. The first kappa shape index (κ1) is 12.8. The first-order valence-electron chi connectivity index (χ1n) is 6.29. The molecule has 0 atom stereocenters. The van der Waals surface area contributed by atoms with E-state index in [0.29, 0.717) is 29.6 Å². The van der Waals surface area contributed by atoms with Gasteiger partial charge in [-0.1, -0.05) is 29.8 Å². The lowest BCUT2D eigenvalue weighted by Gasteiger charge is -2.18. The third-order valence-corrected chi connectivity index (χ3v) is 3.29. The summed E-state index contributed by atoms with van der Waals surface area (Å²) >= 11 is 6.00. The molecule has 5 heteroatoms. The van der Waals surface area contributed by atoms with E-state index >= 15 is 0 Å². The maximum atomic E-state index is 12.5. The minimum absolute atomic E-state index is 0.137. The van der Waals surface area contributed by atoms with E-state index in [9.17, 15) is 4.79 Å². The number of carbonyl (C=O) groups is 1. The molecule has 1 aromatic carbocycles. The quantitative estimate of drug-likeness (QED) is 0.851. The average Bonchev–Trinajstić information content (AvgIpc) is 2.97. The Morgan fingerprint density at radius 1 is 1.20 bits per heavy atom. The molecule has 0 radical (unpaired) electrons. The molecule has 1 aliphatic rings. The van der Waals surface area contributed by atoms with E-state index in [2.05, 4.69) is 9.98 Å². The van der Waals surface area contributed by atoms with Crippen molar-refractivity contribution in [2.24, 2.45) is 4.99 Å². The second-order valence-electron chi connectivity index (χ2n) is 4.39. The zero-order valence-electron chi connectivity index (χ0n) is 10.7. The fourth-order valence-electron chi connectivity index (χ4n) is 2.15. The maximum absolute atomic E-state index is 12.5. The summed E-state index contributed by atoms with van der Waals surface area (Å²) in [5.74, 6) is 0.518. The number of amides is 1. The number of nitrogens with zero attached hydrogens (tertiary/aromatic N) is 3. The topological polar surface area (TPSA) is 45.6 Å². The van der Waals surface area contributed by atoms with Gasteiger partial charge in [0.15, 0.2) is 0 Å². The number of benzene rings is 1. The molecule has 0 aliphatic carbocycles. The van der Waals surface area contributed by atoms with Gasteiger partial charge in [-0.2, -0.15) is 0 Å². The van der Waals surface area contributed by atoms with Crippen molar-refractivity contribution in [3.8, 4) is 0 Å². The SMILES string of the molecule is O=C(c1ccccn1)N1CCN=C1c1cccc(Cl)c1. The summed E-state index contributed by atoms with van der Waals surface area (Å²) in [5, 5.41) is 0.627. The van der Waals surface area contributed by atoms with Gasteiger partial charge in [0.2, 0.25) is 0 Å². The predicted octanol–water partition coefficient (Wildman–Crippen LogP) is 2.64. The van der Waals surface area contributed by atoms with Crippen molar-refractivity contribution in [1.82, 2.24) is 9.88 Å². The third kappa shape index (κ3) is 2.42. The monoisotopic (exact) mass is 285 g/mol. The Hall–Kier alpha value is -2.20. The second kappa shape index (κ2) is 5.43. The van der Waals surface area contributed by atoms with Crippen LogP contribution in [-0.2, 0) is 0 Å². The Kier molecular flexibility index (Phi) is 3.48. The molecule has 20 heavy (non-hydrogen) atoms. The molecule has 2 aromatic rings. The van der Waals surface area contributed by atoms with Gasteiger partial charge < -0.3 is 0 Å². The van der Waals surface area contributed by atoms with Crippen LogP contribution in [0.5, 0.6) is 0 Å². The standard InChI is InChI=1S/C15H12ClN3O/c16-12-5-3-4-11(10-12)14-18-8-9-19(14)15(20)13-6-1-2-7-17-13/h1-7,10H,8-9H2. The fourth-order valence-corrected chi connectivity index (χ4v) is 2.34. The highest BCUT2D eigenvalue weighted by Crippen LogP contribution is 2.17. The zero-order valence-corrected chi connectivity index (χ0v) is 11.4. The van der Waals surface area contributed by atoms with Crippen LogP contribution in [0.4, 0.5) is 0 Å². The van der Waals surface area contributed by atoms with E-state index in [-0.39, 0.29) is 5.91 Å². The Morgan fingerprint density at radius 3 is 2.85 bits per heavy atom. The summed E-state index contributed by atoms with van der Waals surface area (Å²) < 4.78 is 0. The van der Waals surface area contributed by atoms with Gasteiger partial charge in [0.05, 0.1) is 6.54 Å². The molecule has 0 saturated carbocycles. The van der Waals surface area contributed by atoms with Gasteiger partial charge in [0.1, 0.15) is 11.5 Å². The largest absolute Gasteiger partial charge is 0.289 e. The lowest BCUT2D eigenvalue weighted by Crippen LogP contribution is -2.35. The number of rotatable bonds is 2. The van der Waals surface area contributed by atoms with Gasteiger partial charge in [-0.15, -0.1) is 0 Å². The number of halogens is 1. The van der Waals surface area contributed by atoms with Gasteiger partial charge in [-0.05, 0) is 24.3 Å². The number of hydrogen-bond acceptors (Lipinski definition) is 3. The van der Waals surface area contributed by atoms with Gasteiger partial charge in [0.25, 0.3) is 5.91 Å². The van der Waals surface area contributed by atoms with E-state index < -0.39 is 0 Å². The number of amidine groups is 1. The van der Waals surface area contributed by atoms with Crippen LogP contribution in [0.25, 0.3) is 0 Å². The molecule has 0 spiro atoms. The van der Waals surface area contributed by atoms with Crippen LogP contribution in [0, 0.1) is 0 Å². The summed E-state index contributed by atoms with van der Waals surface area (Å²) in [6.45, 7) is 1.16. The van der Waals surface area contributed by atoms with Crippen LogP contribution in [0.15, 0.2) is 53.7 Å². The molecular formula is C15H12ClN3O. The second-order valence-corrected chi connectivity index (χ2v) is 4.82. The van der Waals surface area contributed by atoms with Crippen molar-refractivity contribution >= 4 is 23.3 Å². The third-order valence-electron chi connectivity index (χ3n) is 3.05. The summed E-state index contributed by atoms with van der Waals surface area (Å²) in [4.78, 5) is 22.6. The molecule has 4 nitrogen and oxygen atoms in total. The molecule has 1 aliphatic heterocycles. The van der Waals surface area contributed by atoms with E-state index in [4.69, 9.17) is 11.6 Å². The molecule has 0 unspecified atom stereocenters. The summed E-state index contributed by atoms with van der Waals surface area (Å²) in [6, 6.07) is 12.6. The van der Waals surface area contributed by atoms with Gasteiger partial charge in [0, 0.05) is 23.3 Å². The Bertz CT molecular complexity index is 670. The van der Waals surface area contributed by atoms with E-state index in [1.54, 1.807) is 35.4 Å². The number of carbonyl (C=O) groups excluding carboxylic acids is 1. The summed E-state index contributed by atoms with van der Waals surface area (Å²) in [7, 11) is 0. The van der Waals surface area contributed by atoms with Crippen LogP contribution in [-0.4, -0.2) is 34.7 Å². The molecular weight excluding hydrogens is 274 g/mol. The predicted molar refractivity (Wildman–Crippen MR) is 78.1 cm³/mol. The minimum atomic E-state index is -0.137. The number of pyridine rings is 1. The molecule has 0 fully saturated rings. The molecule has 3 rings (SSSR count). The van der Waals surface area contributed by atoms with Crippen molar-refractivity contribution in [3.05, 3.63) is 64.9 Å². The van der Waals surface area contributed by atoms with Crippen molar-refractivity contribution in [1.29, 1.82) is 0 Å². The van der Waals surface area contributed by atoms with Gasteiger partial charge >= 0.3 is 0 Å².